The van der Waals surface area contributed by atoms with Gasteiger partial charge >= 0.3 is 0 Å². The Morgan fingerprint density at radius 3 is 2.80 bits per heavy atom. The Labute approximate surface area is 99.5 Å². The third-order valence-corrected chi connectivity index (χ3v) is 4.75. The van der Waals surface area contributed by atoms with Gasteiger partial charge in [-0.1, -0.05) is 13.0 Å². The number of halogens is 1. The second-order valence-corrected chi connectivity index (χ2v) is 6.33. The van der Waals surface area contributed by atoms with E-state index < -0.39 is 10.0 Å². The summed E-state index contributed by atoms with van der Waals surface area (Å²) in [5.41, 5.74) is 0. The van der Waals surface area contributed by atoms with Crippen molar-refractivity contribution < 1.29 is 8.42 Å². The number of sulfonamides is 1. The van der Waals surface area contributed by atoms with Crippen molar-refractivity contribution in [3.8, 4) is 0 Å². The largest absolute Gasteiger partial charge is 0.213 e. The number of hydrogen-bond donors (Lipinski definition) is 1. The van der Waals surface area contributed by atoms with Crippen LogP contribution in [0.25, 0.3) is 0 Å². The molecule has 0 bridgehead atoms. The van der Waals surface area contributed by atoms with E-state index in [9.17, 15) is 8.42 Å². The number of thiophene rings is 1. The lowest BCUT2D eigenvalue weighted by molar-refractivity contribution is 0.554. The van der Waals surface area contributed by atoms with Crippen LogP contribution in [0, 0.1) is 0 Å². The predicted octanol–water partition coefficient (Wildman–Crippen LogP) is 2.36. The number of rotatable bonds is 6. The highest BCUT2D eigenvalue weighted by atomic mass is 35.5. The molecule has 86 valence electrons. The van der Waals surface area contributed by atoms with Crippen LogP contribution >= 0.6 is 22.9 Å². The molecule has 0 fully saturated rings. The van der Waals surface area contributed by atoms with E-state index in [0.29, 0.717) is 0 Å². The fourth-order valence-electron chi connectivity index (χ4n) is 1.21. The Hall–Kier alpha value is -0.100. The summed E-state index contributed by atoms with van der Waals surface area (Å²) in [5.74, 6) is 0.0899. The molecule has 0 aliphatic carbocycles. The summed E-state index contributed by atoms with van der Waals surface area (Å²) < 4.78 is 25.7. The highest BCUT2D eigenvalue weighted by Gasteiger charge is 2.17. The van der Waals surface area contributed by atoms with Gasteiger partial charge in [0, 0.05) is 10.8 Å². The molecule has 1 aromatic rings. The fourth-order valence-corrected chi connectivity index (χ4v) is 3.80. The molecule has 0 amide bonds. The van der Waals surface area contributed by atoms with E-state index in [-0.39, 0.29) is 17.7 Å². The number of alkyl halides is 1. The van der Waals surface area contributed by atoms with E-state index in [1.165, 1.54) is 0 Å². The molecule has 0 saturated carbocycles. The quantitative estimate of drug-likeness (QED) is 0.805. The van der Waals surface area contributed by atoms with Crippen LogP contribution in [0.4, 0.5) is 0 Å². The average molecular weight is 268 g/mol. The van der Waals surface area contributed by atoms with Crippen molar-refractivity contribution >= 4 is 33.0 Å². The number of nitrogens with one attached hydrogen (secondary N) is 1. The van der Waals surface area contributed by atoms with Gasteiger partial charge in [0.2, 0.25) is 10.0 Å². The number of hydrogen-bond acceptors (Lipinski definition) is 3. The summed E-state index contributed by atoms with van der Waals surface area (Å²) >= 11 is 6.98. The summed E-state index contributed by atoms with van der Waals surface area (Å²) in [6, 6.07) is 3.72. The summed E-state index contributed by atoms with van der Waals surface area (Å²) in [5, 5.41) is 1.94. The van der Waals surface area contributed by atoms with Gasteiger partial charge < -0.3 is 0 Å². The van der Waals surface area contributed by atoms with Gasteiger partial charge in [-0.25, -0.2) is 13.1 Å². The minimum atomic E-state index is -3.24. The van der Waals surface area contributed by atoms with E-state index in [1.54, 1.807) is 11.3 Å². The van der Waals surface area contributed by atoms with Crippen molar-refractivity contribution in [2.75, 3.05) is 11.6 Å². The second-order valence-electron chi connectivity index (χ2n) is 3.10. The zero-order valence-electron chi connectivity index (χ0n) is 8.44. The van der Waals surface area contributed by atoms with Gasteiger partial charge in [-0.15, -0.1) is 22.9 Å². The standard InChI is InChI=1S/C9H14ClNO2S2/c1-2-8(9-4-3-6-14-9)11-15(12,13)7-5-10/h3-4,6,8,11H,2,5,7H2,1H3. The molecule has 1 unspecified atom stereocenters. The molecule has 0 aromatic carbocycles. The molecule has 0 aliphatic rings. The van der Waals surface area contributed by atoms with Crippen molar-refractivity contribution in [3.05, 3.63) is 22.4 Å². The van der Waals surface area contributed by atoms with Gasteiger partial charge in [-0.2, -0.15) is 0 Å². The predicted molar refractivity (Wildman–Crippen MR) is 65.0 cm³/mol. The first-order chi connectivity index (χ1) is 7.09. The molecule has 0 saturated heterocycles. The van der Waals surface area contributed by atoms with Crippen LogP contribution in [-0.4, -0.2) is 20.1 Å². The zero-order chi connectivity index (χ0) is 11.3. The lowest BCUT2D eigenvalue weighted by atomic mass is 10.2. The normalized spacial score (nSPS) is 14.0. The first-order valence-electron chi connectivity index (χ1n) is 4.68. The highest BCUT2D eigenvalue weighted by Crippen LogP contribution is 2.22. The van der Waals surface area contributed by atoms with Crippen LogP contribution in [0.3, 0.4) is 0 Å². The summed E-state index contributed by atoms with van der Waals surface area (Å²) in [6.07, 6.45) is 0.738. The Morgan fingerprint density at radius 1 is 1.60 bits per heavy atom. The van der Waals surface area contributed by atoms with Gasteiger partial charge in [0.15, 0.2) is 0 Å². The molecule has 6 heteroatoms. The van der Waals surface area contributed by atoms with Crippen LogP contribution in [0.5, 0.6) is 0 Å². The molecule has 0 radical (unpaired) electrons. The molecular weight excluding hydrogens is 254 g/mol. The highest BCUT2D eigenvalue weighted by molar-refractivity contribution is 7.89. The molecule has 3 nitrogen and oxygen atoms in total. The van der Waals surface area contributed by atoms with Gasteiger partial charge in [-0.05, 0) is 17.9 Å². The third-order valence-electron chi connectivity index (χ3n) is 1.96. The summed E-state index contributed by atoms with van der Waals surface area (Å²) in [4.78, 5) is 1.04. The average Bonchev–Trinajstić information content (AvgIpc) is 2.67. The van der Waals surface area contributed by atoms with Crippen LogP contribution in [-0.2, 0) is 10.0 Å². The maximum absolute atomic E-state index is 11.5. The van der Waals surface area contributed by atoms with E-state index in [4.69, 9.17) is 11.6 Å². The lowest BCUT2D eigenvalue weighted by Gasteiger charge is -2.14. The van der Waals surface area contributed by atoms with Crippen LogP contribution < -0.4 is 4.72 Å². The first kappa shape index (κ1) is 13.0. The maximum atomic E-state index is 11.5. The van der Waals surface area contributed by atoms with Gasteiger partial charge in [-0.3, -0.25) is 0 Å². The SMILES string of the molecule is CCC(NS(=O)(=O)CCCl)c1cccs1. The van der Waals surface area contributed by atoms with Crippen LogP contribution in [0.1, 0.15) is 24.3 Å². The monoisotopic (exact) mass is 267 g/mol. The third kappa shape index (κ3) is 4.10. The van der Waals surface area contributed by atoms with Gasteiger partial charge in [0.05, 0.1) is 11.8 Å². The molecule has 0 aliphatic heterocycles. The van der Waals surface area contributed by atoms with Crippen molar-refractivity contribution in [2.24, 2.45) is 0 Å². The Bertz CT molecular complexity index is 375. The fraction of sp³-hybridized carbons (Fsp3) is 0.556. The maximum Gasteiger partial charge on any atom is 0.213 e. The zero-order valence-corrected chi connectivity index (χ0v) is 10.8. The summed E-state index contributed by atoms with van der Waals surface area (Å²) in [6.45, 7) is 1.95. The molecular formula is C9H14ClNO2S2. The Morgan fingerprint density at radius 2 is 2.33 bits per heavy atom. The Kier molecular flexibility index (Phi) is 5.05. The molecule has 0 spiro atoms. The summed E-state index contributed by atoms with van der Waals surface area (Å²) in [7, 11) is -3.24. The minimum Gasteiger partial charge on any atom is -0.212 e. The van der Waals surface area contributed by atoms with E-state index in [2.05, 4.69) is 4.72 Å². The van der Waals surface area contributed by atoms with Gasteiger partial charge in [0.1, 0.15) is 0 Å². The molecule has 15 heavy (non-hydrogen) atoms. The van der Waals surface area contributed by atoms with Crippen molar-refractivity contribution in [1.29, 1.82) is 0 Å². The first-order valence-corrected chi connectivity index (χ1v) is 7.75. The minimum absolute atomic E-state index is 0.0313. The molecule has 1 aromatic heterocycles. The lowest BCUT2D eigenvalue weighted by Crippen LogP contribution is -2.30. The topological polar surface area (TPSA) is 46.2 Å². The molecule has 1 N–H and O–H groups in total. The van der Waals surface area contributed by atoms with E-state index in [0.717, 1.165) is 11.3 Å². The molecule has 1 heterocycles. The molecule has 1 rings (SSSR count). The van der Waals surface area contributed by atoms with Gasteiger partial charge in [0.25, 0.3) is 0 Å². The van der Waals surface area contributed by atoms with Crippen molar-refractivity contribution in [1.82, 2.24) is 4.72 Å². The van der Waals surface area contributed by atoms with Crippen LogP contribution in [0.15, 0.2) is 17.5 Å². The van der Waals surface area contributed by atoms with Crippen molar-refractivity contribution in [3.63, 3.8) is 0 Å². The van der Waals surface area contributed by atoms with Crippen molar-refractivity contribution in [2.45, 2.75) is 19.4 Å². The van der Waals surface area contributed by atoms with E-state index >= 15 is 0 Å². The smallest absolute Gasteiger partial charge is 0.212 e. The Balaban J connectivity index is 2.70. The molecule has 1 atom stereocenters. The van der Waals surface area contributed by atoms with Crippen LogP contribution in [0.2, 0.25) is 0 Å². The van der Waals surface area contributed by atoms with E-state index in [1.807, 2.05) is 24.4 Å². The second kappa shape index (κ2) is 5.84.